The Balaban J connectivity index is 2.91. The first-order chi connectivity index (χ1) is 6.11. The third-order valence-electron chi connectivity index (χ3n) is 1.83. The van der Waals surface area contributed by atoms with E-state index in [1.54, 1.807) is 0 Å². The summed E-state index contributed by atoms with van der Waals surface area (Å²) in [4.78, 5) is 4.37. The summed E-state index contributed by atoms with van der Waals surface area (Å²) in [5.41, 5.74) is 2.31. The molecular weight excluding hydrogens is 160 g/mol. The van der Waals surface area contributed by atoms with E-state index in [0.717, 1.165) is 11.4 Å². The molecule has 0 saturated carbocycles. The third-order valence-corrected chi connectivity index (χ3v) is 1.83. The second-order valence-electron chi connectivity index (χ2n) is 3.89. The molecule has 1 rings (SSSR count). The molecule has 72 valence electrons. The molecule has 0 aliphatic carbocycles. The number of aromatic nitrogens is 1. The fraction of sp³-hybridized carbons (Fsp3) is 0.545. The van der Waals surface area contributed by atoms with E-state index >= 15 is 0 Å². The van der Waals surface area contributed by atoms with Crippen molar-refractivity contribution in [1.29, 1.82) is 0 Å². The van der Waals surface area contributed by atoms with Gasteiger partial charge < -0.3 is 5.32 Å². The summed E-state index contributed by atoms with van der Waals surface area (Å²) in [5.74, 6) is 0.474. The highest BCUT2D eigenvalue weighted by atomic mass is 14.9. The second-order valence-corrected chi connectivity index (χ2v) is 3.89. The van der Waals surface area contributed by atoms with Crippen molar-refractivity contribution in [2.24, 2.45) is 0 Å². The van der Waals surface area contributed by atoms with Gasteiger partial charge in [0.25, 0.3) is 0 Å². The van der Waals surface area contributed by atoms with Gasteiger partial charge in [-0.05, 0) is 31.9 Å². The Morgan fingerprint density at radius 2 is 1.92 bits per heavy atom. The van der Waals surface area contributed by atoms with Gasteiger partial charge in [0.2, 0.25) is 0 Å². The van der Waals surface area contributed by atoms with E-state index in [1.807, 2.05) is 12.3 Å². The minimum atomic E-state index is 0.460. The Kier molecular flexibility index (Phi) is 3.29. The lowest BCUT2D eigenvalue weighted by Gasteiger charge is -2.15. The third kappa shape index (κ3) is 2.72. The lowest BCUT2D eigenvalue weighted by Crippen LogP contribution is -2.12. The fourth-order valence-corrected chi connectivity index (χ4v) is 1.31. The molecular formula is C11H18N2. The number of pyridine rings is 1. The van der Waals surface area contributed by atoms with Crippen LogP contribution in [0.15, 0.2) is 18.3 Å². The van der Waals surface area contributed by atoms with Crippen molar-refractivity contribution < 1.29 is 0 Å². The number of rotatable bonds is 3. The van der Waals surface area contributed by atoms with Crippen molar-refractivity contribution in [3.63, 3.8) is 0 Å². The van der Waals surface area contributed by atoms with Crippen LogP contribution in [0, 0.1) is 0 Å². The Hall–Kier alpha value is -1.05. The molecule has 0 saturated heterocycles. The lowest BCUT2D eigenvalue weighted by atomic mass is 10.1. The largest absolute Gasteiger partial charge is 0.381 e. The summed E-state index contributed by atoms with van der Waals surface area (Å²) >= 11 is 0. The zero-order valence-electron chi connectivity index (χ0n) is 8.83. The number of nitrogens with zero attached hydrogens (tertiary/aromatic N) is 1. The van der Waals surface area contributed by atoms with Crippen LogP contribution < -0.4 is 5.32 Å². The molecule has 0 aromatic carbocycles. The Labute approximate surface area is 80.4 Å². The molecule has 0 aliphatic heterocycles. The maximum absolute atomic E-state index is 4.37. The van der Waals surface area contributed by atoms with Crippen LogP contribution in [0.4, 0.5) is 5.69 Å². The van der Waals surface area contributed by atoms with E-state index < -0.39 is 0 Å². The molecule has 2 heteroatoms. The van der Waals surface area contributed by atoms with Crippen LogP contribution in [0.1, 0.15) is 39.3 Å². The molecule has 2 nitrogen and oxygen atoms in total. The Morgan fingerprint density at radius 1 is 1.23 bits per heavy atom. The number of anilines is 1. The average Bonchev–Trinajstić information content (AvgIpc) is 2.03. The van der Waals surface area contributed by atoms with E-state index in [4.69, 9.17) is 0 Å². The predicted molar refractivity (Wildman–Crippen MR) is 57.1 cm³/mol. The maximum atomic E-state index is 4.37. The maximum Gasteiger partial charge on any atom is 0.0660 e. The SMILES string of the molecule is CC(C)Nc1cccnc1C(C)C. The van der Waals surface area contributed by atoms with Crippen molar-refractivity contribution in [3.05, 3.63) is 24.0 Å². The highest BCUT2D eigenvalue weighted by Crippen LogP contribution is 2.21. The molecule has 1 N–H and O–H groups in total. The predicted octanol–water partition coefficient (Wildman–Crippen LogP) is 3.03. The van der Waals surface area contributed by atoms with Crippen molar-refractivity contribution in [2.75, 3.05) is 5.32 Å². The van der Waals surface area contributed by atoms with Crippen LogP contribution in [0.5, 0.6) is 0 Å². The van der Waals surface area contributed by atoms with E-state index in [2.05, 4.69) is 44.1 Å². The van der Waals surface area contributed by atoms with Gasteiger partial charge in [-0.15, -0.1) is 0 Å². The van der Waals surface area contributed by atoms with Crippen molar-refractivity contribution in [1.82, 2.24) is 4.98 Å². The zero-order valence-corrected chi connectivity index (χ0v) is 8.83. The number of hydrogen-bond acceptors (Lipinski definition) is 2. The first kappa shape index (κ1) is 10.0. The standard InChI is InChI=1S/C11H18N2/c1-8(2)11-10(13-9(3)4)6-5-7-12-11/h5-9,13H,1-4H3. The molecule has 0 amide bonds. The molecule has 13 heavy (non-hydrogen) atoms. The van der Waals surface area contributed by atoms with E-state index in [1.165, 1.54) is 0 Å². The minimum absolute atomic E-state index is 0.460. The van der Waals surface area contributed by atoms with E-state index in [0.29, 0.717) is 12.0 Å². The summed E-state index contributed by atoms with van der Waals surface area (Å²) in [6, 6.07) is 4.51. The van der Waals surface area contributed by atoms with Gasteiger partial charge in [0.1, 0.15) is 0 Å². The first-order valence-corrected chi connectivity index (χ1v) is 4.82. The van der Waals surface area contributed by atoms with Crippen LogP contribution >= 0.6 is 0 Å². The fourth-order valence-electron chi connectivity index (χ4n) is 1.31. The van der Waals surface area contributed by atoms with Gasteiger partial charge in [-0.25, -0.2) is 0 Å². The van der Waals surface area contributed by atoms with E-state index in [-0.39, 0.29) is 0 Å². The molecule has 1 heterocycles. The van der Waals surface area contributed by atoms with Crippen molar-refractivity contribution in [2.45, 2.75) is 39.7 Å². The van der Waals surface area contributed by atoms with Gasteiger partial charge >= 0.3 is 0 Å². The van der Waals surface area contributed by atoms with Gasteiger partial charge in [-0.3, -0.25) is 4.98 Å². The summed E-state index contributed by atoms with van der Waals surface area (Å²) in [6.45, 7) is 8.59. The lowest BCUT2D eigenvalue weighted by molar-refractivity contribution is 0.811. The van der Waals surface area contributed by atoms with E-state index in [9.17, 15) is 0 Å². The van der Waals surface area contributed by atoms with Crippen LogP contribution in [-0.4, -0.2) is 11.0 Å². The van der Waals surface area contributed by atoms with Crippen molar-refractivity contribution in [3.8, 4) is 0 Å². The molecule has 0 atom stereocenters. The van der Waals surface area contributed by atoms with Gasteiger partial charge in [0, 0.05) is 12.2 Å². The summed E-state index contributed by atoms with van der Waals surface area (Å²) < 4.78 is 0. The van der Waals surface area contributed by atoms with Crippen LogP contribution in [0.2, 0.25) is 0 Å². The molecule has 0 radical (unpaired) electrons. The van der Waals surface area contributed by atoms with Gasteiger partial charge in [-0.2, -0.15) is 0 Å². The summed E-state index contributed by atoms with van der Waals surface area (Å²) in [7, 11) is 0. The molecule has 0 spiro atoms. The van der Waals surface area contributed by atoms with Crippen LogP contribution in [0.3, 0.4) is 0 Å². The van der Waals surface area contributed by atoms with Gasteiger partial charge in [0.15, 0.2) is 0 Å². The monoisotopic (exact) mass is 178 g/mol. The normalized spacial score (nSPS) is 10.9. The summed E-state index contributed by atoms with van der Waals surface area (Å²) in [5, 5.41) is 3.39. The quantitative estimate of drug-likeness (QED) is 0.769. The summed E-state index contributed by atoms with van der Waals surface area (Å²) in [6.07, 6.45) is 1.85. The van der Waals surface area contributed by atoms with Crippen LogP contribution in [-0.2, 0) is 0 Å². The first-order valence-electron chi connectivity index (χ1n) is 4.82. The molecule has 0 bridgehead atoms. The molecule has 1 aromatic rings. The highest BCUT2D eigenvalue weighted by molar-refractivity contribution is 5.49. The minimum Gasteiger partial charge on any atom is -0.381 e. The smallest absolute Gasteiger partial charge is 0.0660 e. The molecule has 0 fully saturated rings. The van der Waals surface area contributed by atoms with Gasteiger partial charge in [-0.1, -0.05) is 13.8 Å². The number of hydrogen-bond donors (Lipinski definition) is 1. The molecule has 1 aromatic heterocycles. The van der Waals surface area contributed by atoms with Gasteiger partial charge in [0.05, 0.1) is 11.4 Å². The Bertz CT molecular complexity index is 267. The Morgan fingerprint density at radius 3 is 2.46 bits per heavy atom. The highest BCUT2D eigenvalue weighted by Gasteiger charge is 2.07. The number of nitrogens with one attached hydrogen (secondary N) is 1. The second kappa shape index (κ2) is 4.26. The molecule has 0 aliphatic rings. The van der Waals surface area contributed by atoms with Crippen LogP contribution in [0.25, 0.3) is 0 Å². The zero-order chi connectivity index (χ0) is 9.84. The van der Waals surface area contributed by atoms with Crippen molar-refractivity contribution >= 4 is 5.69 Å². The molecule has 0 unspecified atom stereocenters. The average molecular weight is 178 g/mol. The topological polar surface area (TPSA) is 24.9 Å².